The highest BCUT2D eigenvalue weighted by atomic mass is 16.6. The third-order valence-corrected chi connectivity index (χ3v) is 2.09. The third kappa shape index (κ3) is 4.07. The molecule has 1 atom stereocenters. The molecule has 0 saturated carbocycles. The van der Waals surface area contributed by atoms with Crippen LogP contribution in [0.15, 0.2) is 24.3 Å². The van der Waals surface area contributed by atoms with Crippen molar-refractivity contribution >= 4 is 11.6 Å². The summed E-state index contributed by atoms with van der Waals surface area (Å²) in [7, 11) is 0. The van der Waals surface area contributed by atoms with Gasteiger partial charge in [-0.3, -0.25) is 14.9 Å². The summed E-state index contributed by atoms with van der Waals surface area (Å²) >= 11 is 0. The fourth-order valence-electron chi connectivity index (χ4n) is 1.13. The second-order valence-electron chi connectivity index (χ2n) is 3.40. The minimum Gasteiger partial charge on any atom is -0.493 e. The van der Waals surface area contributed by atoms with Gasteiger partial charge in [-0.2, -0.15) is 0 Å². The van der Waals surface area contributed by atoms with Gasteiger partial charge in [-0.15, -0.1) is 0 Å². The van der Waals surface area contributed by atoms with Gasteiger partial charge in [-0.1, -0.05) is 6.07 Å². The first-order chi connectivity index (χ1) is 8.00. The summed E-state index contributed by atoms with van der Waals surface area (Å²) in [5.74, 6) is -0.247. The maximum absolute atomic E-state index is 10.6. The summed E-state index contributed by atoms with van der Waals surface area (Å²) in [4.78, 5) is 20.6. The molecule has 1 aromatic rings. The Balaban J connectivity index is 2.49. The van der Waals surface area contributed by atoms with Gasteiger partial charge in [-0.05, 0) is 6.07 Å². The number of carbonyl (C=O) groups is 1. The van der Waals surface area contributed by atoms with Crippen LogP contribution in [0.1, 0.15) is 6.42 Å². The van der Waals surface area contributed by atoms with Crippen LogP contribution in [0.5, 0.6) is 5.75 Å². The maximum Gasteiger partial charge on any atom is 0.273 e. The van der Waals surface area contributed by atoms with Crippen molar-refractivity contribution in [2.45, 2.75) is 12.5 Å². The van der Waals surface area contributed by atoms with Crippen molar-refractivity contribution in [3.63, 3.8) is 0 Å². The number of hydrogen-bond donors (Lipinski definition) is 2. The number of amides is 1. The molecular formula is C10H13N3O4. The van der Waals surface area contributed by atoms with Crippen molar-refractivity contribution in [2.75, 3.05) is 6.61 Å². The van der Waals surface area contributed by atoms with Gasteiger partial charge in [0.25, 0.3) is 5.69 Å². The lowest BCUT2D eigenvalue weighted by molar-refractivity contribution is -0.384. The number of nitro benzene ring substituents is 1. The Morgan fingerprint density at radius 3 is 2.82 bits per heavy atom. The number of rotatable bonds is 6. The number of primary amides is 1. The summed E-state index contributed by atoms with van der Waals surface area (Å²) in [6.45, 7) is 0.172. The predicted octanol–water partition coefficient (Wildman–Crippen LogP) is 0.176. The lowest BCUT2D eigenvalue weighted by Crippen LogP contribution is -2.37. The van der Waals surface area contributed by atoms with Gasteiger partial charge in [0, 0.05) is 12.5 Å². The molecule has 7 nitrogen and oxygen atoms in total. The van der Waals surface area contributed by atoms with Gasteiger partial charge in [0.15, 0.2) is 0 Å². The van der Waals surface area contributed by atoms with Gasteiger partial charge in [0.05, 0.1) is 23.6 Å². The van der Waals surface area contributed by atoms with E-state index >= 15 is 0 Å². The zero-order valence-electron chi connectivity index (χ0n) is 9.04. The fraction of sp³-hybridized carbons (Fsp3) is 0.300. The summed E-state index contributed by atoms with van der Waals surface area (Å²) in [6.07, 6.45) is 0.262. The van der Waals surface area contributed by atoms with Crippen LogP contribution in [0.3, 0.4) is 0 Å². The zero-order chi connectivity index (χ0) is 12.8. The molecule has 0 aliphatic heterocycles. The molecule has 1 amide bonds. The van der Waals surface area contributed by atoms with Crippen LogP contribution in [0.25, 0.3) is 0 Å². The molecule has 0 aliphatic rings. The Hall–Kier alpha value is -2.15. The van der Waals surface area contributed by atoms with E-state index in [1.807, 2.05) is 0 Å². The molecule has 1 unspecified atom stereocenters. The largest absolute Gasteiger partial charge is 0.493 e. The molecule has 0 bridgehead atoms. The molecule has 4 N–H and O–H groups in total. The Bertz CT molecular complexity index is 422. The lowest BCUT2D eigenvalue weighted by atomic mass is 10.2. The van der Waals surface area contributed by atoms with Crippen LogP contribution in [-0.2, 0) is 4.79 Å². The molecule has 1 rings (SSSR count). The number of ether oxygens (including phenoxy) is 1. The van der Waals surface area contributed by atoms with Crippen molar-refractivity contribution in [1.82, 2.24) is 0 Å². The van der Waals surface area contributed by atoms with Gasteiger partial charge < -0.3 is 16.2 Å². The highest BCUT2D eigenvalue weighted by Gasteiger charge is 2.10. The molecule has 0 heterocycles. The first kappa shape index (κ1) is 12.9. The Morgan fingerprint density at radius 2 is 2.24 bits per heavy atom. The Labute approximate surface area is 97.5 Å². The summed E-state index contributed by atoms with van der Waals surface area (Å²) in [6, 6.07) is 5.00. The SMILES string of the molecule is NC(=O)C(N)CCOc1cccc([N+](=O)[O-])c1. The van der Waals surface area contributed by atoms with Crippen molar-refractivity contribution in [1.29, 1.82) is 0 Å². The second-order valence-corrected chi connectivity index (χ2v) is 3.40. The average molecular weight is 239 g/mol. The number of non-ortho nitro benzene ring substituents is 1. The van der Waals surface area contributed by atoms with E-state index in [0.29, 0.717) is 5.75 Å². The van der Waals surface area contributed by atoms with Crippen molar-refractivity contribution in [3.05, 3.63) is 34.4 Å². The first-order valence-corrected chi connectivity index (χ1v) is 4.93. The number of nitrogens with zero attached hydrogens (tertiary/aromatic N) is 1. The van der Waals surface area contributed by atoms with Gasteiger partial charge >= 0.3 is 0 Å². The maximum atomic E-state index is 10.6. The molecule has 0 aromatic heterocycles. The van der Waals surface area contributed by atoms with Crippen molar-refractivity contribution in [2.24, 2.45) is 11.5 Å². The normalized spacial score (nSPS) is 11.8. The van der Waals surface area contributed by atoms with Crippen LogP contribution in [-0.4, -0.2) is 23.5 Å². The molecule has 0 spiro atoms. The minimum atomic E-state index is -0.770. The smallest absolute Gasteiger partial charge is 0.273 e. The first-order valence-electron chi connectivity index (χ1n) is 4.93. The van der Waals surface area contributed by atoms with Gasteiger partial charge in [0.1, 0.15) is 5.75 Å². The van der Waals surface area contributed by atoms with E-state index in [4.69, 9.17) is 16.2 Å². The summed E-state index contributed by atoms with van der Waals surface area (Å²) < 4.78 is 5.23. The summed E-state index contributed by atoms with van der Waals surface area (Å²) in [5.41, 5.74) is 10.3. The Kier molecular flexibility index (Phi) is 4.41. The van der Waals surface area contributed by atoms with Gasteiger partial charge in [0.2, 0.25) is 5.91 Å². The second kappa shape index (κ2) is 5.80. The molecule has 0 saturated heterocycles. The highest BCUT2D eigenvalue weighted by Crippen LogP contribution is 2.19. The number of benzene rings is 1. The quantitative estimate of drug-likeness (QED) is 0.541. The monoisotopic (exact) mass is 239 g/mol. The van der Waals surface area contributed by atoms with E-state index in [9.17, 15) is 14.9 Å². The number of nitro groups is 1. The molecule has 1 aromatic carbocycles. The molecular weight excluding hydrogens is 226 g/mol. The average Bonchev–Trinajstić information content (AvgIpc) is 2.29. The predicted molar refractivity (Wildman–Crippen MR) is 60.4 cm³/mol. The van der Waals surface area contributed by atoms with E-state index < -0.39 is 16.9 Å². The van der Waals surface area contributed by atoms with Crippen LogP contribution < -0.4 is 16.2 Å². The number of hydrogen-bond acceptors (Lipinski definition) is 5. The molecule has 0 radical (unpaired) electrons. The molecule has 17 heavy (non-hydrogen) atoms. The molecule has 0 fully saturated rings. The van der Waals surface area contributed by atoms with Crippen LogP contribution in [0.4, 0.5) is 5.69 Å². The van der Waals surface area contributed by atoms with Crippen LogP contribution in [0, 0.1) is 10.1 Å². The molecule has 7 heteroatoms. The van der Waals surface area contributed by atoms with Crippen molar-refractivity contribution < 1.29 is 14.5 Å². The highest BCUT2D eigenvalue weighted by molar-refractivity contribution is 5.79. The van der Waals surface area contributed by atoms with E-state index in [2.05, 4.69) is 0 Å². The van der Waals surface area contributed by atoms with Crippen LogP contribution in [0.2, 0.25) is 0 Å². The third-order valence-electron chi connectivity index (χ3n) is 2.09. The zero-order valence-corrected chi connectivity index (χ0v) is 9.04. The fourth-order valence-corrected chi connectivity index (χ4v) is 1.13. The number of nitrogens with two attached hydrogens (primary N) is 2. The van der Waals surface area contributed by atoms with E-state index in [0.717, 1.165) is 0 Å². The van der Waals surface area contributed by atoms with Gasteiger partial charge in [-0.25, -0.2) is 0 Å². The Morgan fingerprint density at radius 1 is 1.53 bits per heavy atom. The lowest BCUT2D eigenvalue weighted by Gasteiger charge is -2.08. The molecule has 92 valence electrons. The molecule has 0 aliphatic carbocycles. The minimum absolute atomic E-state index is 0.0540. The standard InChI is InChI=1S/C10H13N3O4/c11-9(10(12)14)4-5-17-8-3-1-2-7(6-8)13(15)16/h1-3,6,9H,4-5,11H2,(H2,12,14). The van der Waals surface area contributed by atoms with Crippen molar-refractivity contribution in [3.8, 4) is 5.75 Å². The van der Waals surface area contributed by atoms with E-state index in [1.165, 1.54) is 18.2 Å². The van der Waals surface area contributed by atoms with Crippen LogP contribution >= 0.6 is 0 Å². The van der Waals surface area contributed by atoms with E-state index in [-0.39, 0.29) is 18.7 Å². The topological polar surface area (TPSA) is 121 Å². The van der Waals surface area contributed by atoms with E-state index in [1.54, 1.807) is 6.07 Å². The number of carbonyl (C=O) groups excluding carboxylic acids is 1. The summed E-state index contributed by atoms with van der Waals surface area (Å²) in [5, 5.41) is 10.5.